The predicted molar refractivity (Wildman–Crippen MR) is 169 cm³/mol. The molecule has 1 saturated carbocycles. The minimum absolute atomic E-state index is 0.0836. The zero-order valence-electron chi connectivity index (χ0n) is 24.4. The predicted octanol–water partition coefficient (Wildman–Crippen LogP) is 5.28. The monoisotopic (exact) mass is 598 g/mol. The smallest absolute Gasteiger partial charge is 0.262 e. The second-order valence-electron chi connectivity index (χ2n) is 11.5. The number of nitrogens with one attached hydrogen (secondary N) is 1. The fourth-order valence-electron chi connectivity index (χ4n) is 6.73. The Kier molecular flexibility index (Phi) is 7.21. The van der Waals surface area contributed by atoms with Crippen LogP contribution >= 0.6 is 0 Å². The van der Waals surface area contributed by atoms with Gasteiger partial charge in [0.1, 0.15) is 6.54 Å². The number of hydrogen-bond acceptors (Lipinski definition) is 5. The van der Waals surface area contributed by atoms with Crippen molar-refractivity contribution in [3.63, 3.8) is 0 Å². The Morgan fingerprint density at radius 1 is 0.711 bits per heavy atom. The Bertz CT molecular complexity index is 1820. The average molecular weight is 599 g/mol. The second-order valence-corrected chi connectivity index (χ2v) is 11.5. The van der Waals surface area contributed by atoms with Crippen LogP contribution in [0.5, 0.6) is 0 Å². The number of carbonyl (C=O) groups excluding carboxylic acids is 5. The van der Waals surface area contributed by atoms with Gasteiger partial charge in [-0.3, -0.25) is 28.9 Å². The van der Waals surface area contributed by atoms with E-state index in [1.807, 2.05) is 48.5 Å². The minimum Gasteiger partial charge on any atom is -0.322 e. The van der Waals surface area contributed by atoms with E-state index in [1.54, 1.807) is 64.4 Å². The first-order valence-electron chi connectivity index (χ1n) is 15.0. The molecule has 224 valence electrons. The lowest BCUT2D eigenvalue weighted by atomic mass is 10.0. The SMILES string of the molecule is O=C(Nc1cccc(CN2C(=O)[C@H]3CCC[C@H]3N(C(=O)CN3C(=O)c4ccccc4C3=O)c3ccccc32)c1)c1ccccc1. The fourth-order valence-corrected chi connectivity index (χ4v) is 6.73. The molecule has 2 aliphatic heterocycles. The standard InChI is InChI=1S/C36H30N4O5/c41-32(22-39-34(43)26-14-4-5-15-27(26)35(39)44)40-29-19-9-16-28(29)36(45)38(30-17-6-7-18-31(30)40)21-23-10-8-13-25(20-23)37-33(42)24-11-2-1-3-12-24/h1-8,10-15,17-18,20,28-29H,9,16,19,21-22H2,(H,37,42)/t28-,29+/m0/s1. The molecule has 0 saturated heterocycles. The molecule has 4 aromatic rings. The molecule has 1 N–H and O–H groups in total. The number of nitrogens with zero attached hydrogens (tertiary/aromatic N) is 3. The Hall–Kier alpha value is -5.57. The number of para-hydroxylation sites is 2. The van der Waals surface area contributed by atoms with Crippen molar-refractivity contribution in [3.8, 4) is 0 Å². The van der Waals surface area contributed by atoms with Crippen LogP contribution in [0, 0.1) is 5.92 Å². The van der Waals surface area contributed by atoms with Gasteiger partial charge in [0.25, 0.3) is 17.7 Å². The summed E-state index contributed by atoms with van der Waals surface area (Å²) in [5.41, 5.74) is 3.67. The zero-order valence-corrected chi connectivity index (χ0v) is 24.4. The third-order valence-electron chi connectivity index (χ3n) is 8.83. The molecular formula is C36H30N4O5. The van der Waals surface area contributed by atoms with Crippen LogP contribution in [0.3, 0.4) is 0 Å². The van der Waals surface area contributed by atoms with E-state index in [2.05, 4.69) is 5.32 Å². The molecule has 0 spiro atoms. The summed E-state index contributed by atoms with van der Waals surface area (Å²) in [6.07, 6.45) is 2.03. The van der Waals surface area contributed by atoms with Gasteiger partial charge in [0.2, 0.25) is 11.8 Å². The highest BCUT2D eigenvalue weighted by Crippen LogP contribution is 2.43. The molecule has 0 aromatic heterocycles. The van der Waals surface area contributed by atoms with E-state index in [-0.39, 0.29) is 29.5 Å². The number of carbonyl (C=O) groups is 5. The van der Waals surface area contributed by atoms with Gasteiger partial charge in [-0.1, -0.05) is 61.0 Å². The van der Waals surface area contributed by atoms with Gasteiger partial charge in [-0.25, -0.2) is 0 Å². The third kappa shape index (κ3) is 5.06. The van der Waals surface area contributed by atoms with Gasteiger partial charge in [0, 0.05) is 17.3 Å². The molecule has 9 nitrogen and oxygen atoms in total. The lowest BCUT2D eigenvalue weighted by Crippen LogP contribution is -2.49. The molecular weight excluding hydrogens is 568 g/mol. The maximum atomic E-state index is 14.2. The highest BCUT2D eigenvalue weighted by molar-refractivity contribution is 6.23. The number of imide groups is 1. The Morgan fingerprint density at radius 2 is 1.38 bits per heavy atom. The van der Waals surface area contributed by atoms with Crippen LogP contribution in [-0.4, -0.2) is 47.0 Å². The second kappa shape index (κ2) is 11.5. The van der Waals surface area contributed by atoms with Crippen LogP contribution in [0.25, 0.3) is 0 Å². The van der Waals surface area contributed by atoms with E-state index < -0.39 is 36.2 Å². The minimum atomic E-state index is -0.494. The maximum Gasteiger partial charge on any atom is 0.262 e. The van der Waals surface area contributed by atoms with Crippen LogP contribution < -0.4 is 15.1 Å². The summed E-state index contributed by atoms with van der Waals surface area (Å²) in [7, 11) is 0. The van der Waals surface area contributed by atoms with Gasteiger partial charge in [0.15, 0.2) is 0 Å². The van der Waals surface area contributed by atoms with Crippen molar-refractivity contribution in [2.75, 3.05) is 21.7 Å². The summed E-state index contributed by atoms with van der Waals surface area (Å²) in [6.45, 7) is -0.185. The van der Waals surface area contributed by atoms with Gasteiger partial charge in [-0.2, -0.15) is 0 Å². The number of rotatable bonds is 6. The molecule has 1 aliphatic carbocycles. The topological polar surface area (TPSA) is 107 Å². The lowest BCUT2D eigenvalue weighted by molar-refractivity contribution is -0.123. The summed E-state index contributed by atoms with van der Waals surface area (Å²) in [4.78, 5) is 71.6. The third-order valence-corrected chi connectivity index (χ3v) is 8.83. The molecule has 5 amide bonds. The van der Waals surface area contributed by atoms with E-state index in [4.69, 9.17) is 0 Å². The molecule has 2 atom stereocenters. The molecule has 2 heterocycles. The van der Waals surface area contributed by atoms with Gasteiger partial charge in [0.05, 0.1) is 35.0 Å². The molecule has 0 unspecified atom stereocenters. The van der Waals surface area contributed by atoms with E-state index in [0.29, 0.717) is 35.5 Å². The van der Waals surface area contributed by atoms with E-state index in [9.17, 15) is 24.0 Å². The first kappa shape index (κ1) is 28.2. The van der Waals surface area contributed by atoms with Crippen LogP contribution in [0.1, 0.15) is 55.9 Å². The van der Waals surface area contributed by atoms with Crippen molar-refractivity contribution in [2.45, 2.75) is 31.8 Å². The fraction of sp³-hybridized carbons (Fsp3) is 0.194. The molecule has 1 fully saturated rings. The number of fused-ring (bicyclic) bond motifs is 3. The van der Waals surface area contributed by atoms with Crippen molar-refractivity contribution in [1.29, 1.82) is 0 Å². The first-order valence-corrected chi connectivity index (χ1v) is 15.0. The molecule has 0 radical (unpaired) electrons. The number of benzene rings is 4. The van der Waals surface area contributed by atoms with E-state index >= 15 is 0 Å². The largest absolute Gasteiger partial charge is 0.322 e. The van der Waals surface area contributed by atoms with Gasteiger partial charge in [-0.15, -0.1) is 0 Å². The molecule has 45 heavy (non-hydrogen) atoms. The summed E-state index contributed by atoms with van der Waals surface area (Å²) < 4.78 is 0. The highest BCUT2D eigenvalue weighted by Gasteiger charge is 2.47. The molecule has 7 rings (SSSR count). The van der Waals surface area contributed by atoms with Crippen LogP contribution in [0.15, 0.2) is 103 Å². The Morgan fingerprint density at radius 3 is 2.11 bits per heavy atom. The van der Waals surface area contributed by atoms with Crippen molar-refractivity contribution < 1.29 is 24.0 Å². The Balaban J connectivity index is 1.18. The lowest BCUT2D eigenvalue weighted by Gasteiger charge is -2.31. The number of anilines is 3. The summed E-state index contributed by atoms with van der Waals surface area (Å²) in [5.74, 6) is -2.15. The quantitative estimate of drug-likeness (QED) is 0.304. The summed E-state index contributed by atoms with van der Waals surface area (Å²) in [6, 6.07) is 29.8. The van der Waals surface area contributed by atoms with Crippen molar-refractivity contribution in [2.24, 2.45) is 5.92 Å². The molecule has 3 aliphatic rings. The highest BCUT2D eigenvalue weighted by atomic mass is 16.2. The first-order chi connectivity index (χ1) is 21.9. The molecule has 0 bridgehead atoms. The normalized spacial score (nSPS) is 18.8. The Labute approximate surface area is 260 Å². The zero-order chi connectivity index (χ0) is 31.1. The van der Waals surface area contributed by atoms with Crippen molar-refractivity contribution >= 4 is 46.6 Å². The van der Waals surface area contributed by atoms with Gasteiger partial charge < -0.3 is 15.1 Å². The van der Waals surface area contributed by atoms with Gasteiger partial charge in [-0.05, 0) is 66.9 Å². The van der Waals surface area contributed by atoms with Crippen molar-refractivity contribution in [3.05, 3.63) is 125 Å². The van der Waals surface area contributed by atoms with Crippen LogP contribution in [0.2, 0.25) is 0 Å². The molecule has 9 heteroatoms. The van der Waals surface area contributed by atoms with Gasteiger partial charge >= 0.3 is 0 Å². The van der Waals surface area contributed by atoms with E-state index in [0.717, 1.165) is 16.9 Å². The summed E-state index contributed by atoms with van der Waals surface area (Å²) >= 11 is 0. The summed E-state index contributed by atoms with van der Waals surface area (Å²) in [5, 5.41) is 2.93. The van der Waals surface area contributed by atoms with Crippen molar-refractivity contribution in [1.82, 2.24) is 4.90 Å². The maximum absolute atomic E-state index is 14.2. The molecule has 4 aromatic carbocycles. The van der Waals surface area contributed by atoms with Crippen LogP contribution in [-0.2, 0) is 16.1 Å². The number of hydrogen-bond donors (Lipinski definition) is 1. The van der Waals surface area contributed by atoms with Crippen LogP contribution in [0.4, 0.5) is 17.1 Å². The van der Waals surface area contributed by atoms with E-state index in [1.165, 1.54) is 0 Å². The number of amides is 5. The average Bonchev–Trinajstić information content (AvgIpc) is 3.61.